The number of hydrogen-bond acceptors (Lipinski definition) is 5. The topological polar surface area (TPSA) is 72.9 Å². The van der Waals surface area contributed by atoms with Crippen LogP contribution in [0.15, 0.2) is 29.2 Å². The standard InChI is InChI=1S/C14H22ClN3O3S/c1-17-5-7-18(8-6-17)22(20,21)14-4-2-3-12(9-14)16-11-13(19)10-15/h2-4,9,13,16,19H,5-8,10-11H2,1H3. The van der Waals surface area contributed by atoms with Crippen molar-refractivity contribution < 1.29 is 13.5 Å². The molecule has 0 aliphatic carbocycles. The molecule has 1 heterocycles. The van der Waals surface area contributed by atoms with Crippen molar-refractivity contribution in [3.8, 4) is 0 Å². The quantitative estimate of drug-likeness (QED) is 0.739. The van der Waals surface area contributed by atoms with E-state index in [4.69, 9.17) is 11.6 Å². The maximum atomic E-state index is 12.6. The molecule has 2 N–H and O–H groups in total. The van der Waals surface area contributed by atoms with Crippen LogP contribution in [0.1, 0.15) is 0 Å². The third-order valence-corrected chi connectivity index (χ3v) is 5.90. The van der Waals surface area contributed by atoms with Crippen molar-refractivity contribution in [2.24, 2.45) is 0 Å². The number of anilines is 1. The molecule has 2 rings (SSSR count). The van der Waals surface area contributed by atoms with Crippen LogP contribution in [0, 0.1) is 0 Å². The Kier molecular flexibility index (Phi) is 6.05. The van der Waals surface area contributed by atoms with Gasteiger partial charge in [-0.1, -0.05) is 6.07 Å². The predicted octanol–water partition coefficient (Wildman–Crippen LogP) is 0.634. The van der Waals surface area contributed by atoms with E-state index in [2.05, 4.69) is 10.2 Å². The molecule has 1 aliphatic heterocycles. The minimum absolute atomic E-state index is 0.131. The summed E-state index contributed by atoms with van der Waals surface area (Å²) in [5.74, 6) is 0.131. The van der Waals surface area contributed by atoms with Crippen molar-refractivity contribution in [1.29, 1.82) is 0 Å². The summed E-state index contributed by atoms with van der Waals surface area (Å²) in [6.07, 6.45) is -0.667. The molecule has 1 fully saturated rings. The number of hydrogen-bond donors (Lipinski definition) is 2. The van der Waals surface area contributed by atoms with Gasteiger partial charge < -0.3 is 15.3 Å². The number of rotatable bonds is 6. The average molecular weight is 348 g/mol. The first-order chi connectivity index (χ1) is 10.4. The number of nitrogens with zero attached hydrogens (tertiary/aromatic N) is 2. The van der Waals surface area contributed by atoms with Gasteiger partial charge in [0.2, 0.25) is 10.0 Å². The highest BCUT2D eigenvalue weighted by Crippen LogP contribution is 2.20. The Balaban J connectivity index is 2.10. The Labute approximate surface area is 136 Å². The Morgan fingerprint density at radius 1 is 1.32 bits per heavy atom. The summed E-state index contributed by atoms with van der Waals surface area (Å²) in [6, 6.07) is 6.65. The molecule has 1 aromatic carbocycles. The van der Waals surface area contributed by atoms with Gasteiger partial charge in [0.15, 0.2) is 0 Å². The molecule has 1 saturated heterocycles. The first kappa shape index (κ1) is 17.5. The predicted molar refractivity (Wildman–Crippen MR) is 87.9 cm³/mol. The van der Waals surface area contributed by atoms with Gasteiger partial charge in [0, 0.05) is 38.4 Å². The lowest BCUT2D eigenvalue weighted by Gasteiger charge is -2.31. The van der Waals surface area contributed by atoms with E-state index in [0.717, 1.165) is 13.1 Å². The zero-order valence-electron chi connectivity index (χ0n) is 12.6. The maximum Gasteiger partial charge on any atom is 0.243 e. The molecular formula is C14H22ClN3O3S. The van der Waals surface area contributed by atoms with Crippen molar-refractivity contribution >= 4 is 27.3 Å². The second-order valence-electron chi connectivity index (χ2n) is 5.42. The summed E-state index contributed by atoms with van der Waals surface area (Å²) >= 11 is 5.54. The fourth-order valence-electron chi connectivity index (χ4n) is 2.23. The molecule has 1 aliphatic rings. The zero-order valence-corrected chi connectivity index (χ0v) is 14.1. The van der Waals surface area contributed by atoms with Crippen molar-refractivity contribution in [1.82, 2.24) is 9.21 Å². The monoisotopic (exact) mass is 347 g/mol. The smallest absolute Gasteiger partial charge is 0.243 e. The molecule has 0 radical (unpaired) electrons. The fraction of sp³-hybridized carbons (Fsp3) is 0.571. The summed E-state index contributed by atoms with van der Waals surface area (Å²) in [6.45, 7) is 2.75. The first-order valence-corrected chi connectivity index (χ1v) is 9.17. The van der Waals surface area contributed by atoms with Crippen LogP contribution in [-0.2, 0) is 10.0 Å². The van der Waals surface area contributed by atoms with E-state index in [1.807, 2.05) is 7.05 Å². The van der Waals surface area contributed by atoms with Gasteiger partial charge in [-0.2, -0.15) is 4.31 Å². The van der Waals surface area contributed by atoms with Crippen LogP contribution in [0.4, 0.5) is 5.69 Å². The van der Waals surface area contributed by atoms with Crippen LogP contribution in [0.2, 0.25) is 0 Å². The van der Waals surface area contributed by atoms with Gasteiger partial charge in [-0.3, -0.25) is 0 Å². The van der Waals surface area contributed by atoms with Crippen molar-refractivity contribution in [3.63, 3.8) is 0 Å². The van der Waals surface area contributed by atoms with Crippen LogP contribution in [-0.4, -0.2) is 74.5 Å². The second kappa shape index (κ2) is 7.61. The van der Waals surface area contributed by atoms with Gasteiger partial charge in [0.05, 0.1) is 16.9 Å². The Bertz CT molecular complexity index is 589. The minimum atomic E-state index is -3.47. The van der Waals surface area contributed by atoms with Gasteiger partial charge in [-0.15, -0.1) is 11.6 Å². The van der Waals surface area contributed by atoms with Crippen molar-refractivity contribution in [3.05, 3.63) is 24.3 Å². The molecule has 0 amide bonds. The third-order valence-electron chi connectivity index (χ3n) is 3.65. The summed E-state index contributed by atoms with van der Waals surface area (Å²) in [5, 5.41) is 12.4. The summed E-state index contributed by atoms with van der Waals surface area (Å²) in [5.41, 5.74) is 0.652. The molecule has 1 unspecified atom stereocenters. The number of nitrogens with one attached hydrogen (secondary N) is 1. The summed E-state index contributed by atoms with van der Waals surface area (Å²) in [7, 11) is -1.49. The normalized spacial score (nSPS) is 19.0. The van der Waals surface area contributed by atoms with Crippen molar-refractivity contribution in [2.45, 2.75) is 11.0 Å². The maximum absolute atomic E-state index is 12.6. The number of likely N-dealkylation sites (N-methyl/N-ethyl adjacent to an activating group) is 1. The van der Waals surface area contributed by atoms with Crippen LogP contribution in [0.25, 0.3) is 0 Å². The molecule has 1 aromatic rings. The van der Waals surface area contributed by atoms with Gasteiger partial charge >= 0.3 is 0 Å². The molecular weight excluding hydrogens is 326 g/mol. The van der Waals surface area contributed by atoms with Crippen molar-refractivity contribution in [2.75, 3.05) is 51.0 Å². The average Bonchev–Trinajstić information content (AvgIpc) is 2.53. The van der Waals surface area contributed by atoms with Crippen LogP contribution in [0.3, 0.4) is 0 Å². The first-order valence-electron chi connectivity index (χ1n) is 7.20. The highest BCUT2D eigenvalue weighted by Gasteiger charge is 2.27. The molecule has 8 heteroatoms. The molecule has 0 aromatic heterocycles. The van der Waals surface area contributed by atoms with E-state index < -0.39 is 16.1 Å². The Morgan fingerprint density at radius 3 is 2.64 bits per heavy atom. The molecule has 22 heavy (non-hydrogen) atoms. The van der Waals surface area contributed by atoms with E-state index in [1.54, 1.807) is 24.3 Å². The number of benzene rings is 1. The van der Waals surface area contributed by atoms with Gasteiger partial charge in [-0.25, -0.2) is 8.42 Å². The lowest BCUT2D eigenvalue weighted by Crippen LogP contribution is -2.47. The van der Waals surface area contributed by atoms with Gasteiger partial charge in [0.1, 0.15) is 0 Å². The summed E-state index contributed by atoms with van der Waals surface area (Å²) < 4.78 is 26.8. The molecule has 0 bridgehead atoms. The number of aliphatic hydroxyl groups excluding tert-OH is 1. The molecule has 6 nitrogen and oxygen atoms in total. The van der Waals surface area contributed by atoms with Crippen LogP contribution in [0.5, 0.6) is 0 Å². The highest BCUT2D eigenvalue weighted by molar-refractivity contribution is 7.89. The minimum Gasteiger partial charge on any atom is -0.390 e. The number of piperazine rings is 1. The van der Waals surface area contributed by atoms with E-state index in [9.17, 15) is 13.5 Å². The van der Waals surface area contributed by atoms with Gasteiger partial charge in [-0.05, 0) is 25.2 Å². The van der Waals surface area contributed by atoms with Crippen LogP contribution < -0.4 is 5.32 Å². The number of aliphatic hydroxyl groups is 1. The number of alkyl halides is 1. The molecule has 124 valence electrons. The van der Waals surface area contributed by atoms with E-state index >= 15 is 0 Å². The fourth-order valence-corrected chi connectivity index (χ4v) is 3.81. The molecule has 0 spiro atoms. The lowest BCUT2D eigenvalue weighted by atomic mass is 10.3. The Morgan fingerprint density at radius 2 is 2.00 bits per heavy atom. The Hall–Kier alpha value is -0.860. The SMILES string of the molecule is CN1CCN(S(=O)(=O)c2cccc(NCC(O)CCl)c2)CC1. The third kappa shape index (κ3) is 4.33. The number of halogens is 1. The van der Waals surface area contributed by atoms with Gasteiger partial charge in [0.25, 0.3) is 0 Å². The highest BCUT2D eigenvalue weighted by atomic mass is 35.5. The van der Waals surface area contributed by atoms with E-state index in [0.29, 0.717) is 18.8 Å². The molecule has 1 atom stereocenters. The van der Waals surface area contributed by atoms with Crippen LogP contribution >= 0.6 is 11.6 Å². The van der Waals surface area contributed by atoms with E-state index in [1.165, 1.54) is 4.31 Å². The largest absolute Gasteiger partial charge is 0.390 e. The molecule has 0 saturated carbocycles. The zero-order chi connectivity index (χ0) is 16.2. The number of sulfonamides is 1. The van der Waals surface area contributed by atoms with E-state index in [-0.39, 0.29) is 17.3 Å². The second-order valence-corrected chi connectivity index (χ2v) is 7.67. The summed E-state index contributed by atoms with van der Waals surface area (Å²) in [4.78, 5) is 2.37. The lowest BCUT2D eigenvalue weighted by molar-refractivity contribution is 0.211.